The number of carbonyl (C=O) groups excluding carboxylic acids is 1. The Balaban J connectivity index is 1.32. The molecule has 0 saturated carbocycles. The minimum atomic E-state index is 0.120. The normalized spacial score (nSPS) is 19.4. The fraction of sp³-hybridized carbons (Fsp3) is 0.448. The molecule has 1 amide bonds. The summed E-state index contributed by atoms with van der Waals surface area (Å²) in [4.78, 5) is 23.7. The molecule has 2 aliphatic rings. The number of allylic oxidation sites excluding steroid dienone is 3. The van der Waals surface area contributed by atoms with Gasteiger partial charge in [0.15, 0.2) is 5.82 Å². The first-order chi connectivity index (χ1) is 17.4. The minimum absolute atomic E-state index is 0.120. The van der Waals surface area contributed by atoms with Gasteiger partial charge in [-0.15, -0.1) is 0 Å². The lowest BCUT2D eigenvalue weighted by atomic mass is 10.1. The summed E-state index contributed by atoms with van der Waals surface area (Å²) in [5, 5.41) is 7.66. The summed E-state index contributed by atoms with van der Waals surface area (Å²) in [7, 11) is 0. The second kappa shape index (κ2) is 11.6. The molecule has 36 heavy (non-hydrogen) atoms. The van der Waals surface area contributed by atoms with Gasteiger partial charge in [0, 0.05) is 56.6 Å². The summed E-state index contributed by atoms with van der Waals surface area (Å²) in [5.74, 6) is 1.13. The van der Waals surface area contributed by atoms with E-state index in [4.69, 9.17) is 0 Å². The van der Waals surface area contributed by atoms with E-state index < -0.39 is 0 Å². The van der Waals surface area contributed by atoms with Gasteiger partial charge in [-0.3, -0.25) is 14.8 Å². The number of likely N-dealkylation sites (tertiary alicyclic amines) is 1. The Bertz CT molecular complexity index is 1140. The summed E-state index contributed by atoms with van der Waals surface area (Å²) < 4.78 is 0. The van der Waals surface area contributed by atoms with Crippen molar-refractivity contribution in [2.45, 2.75) is 46.1 Å². The van der Waals surface area contributed by atoms with E-state index in [-0.39, 0.29) is 5.91 Å². The molecule has 192 valence electrons. The van der Waals surface area contributed by atoms with E-state index in [1.807, 2.05) is 51.1 Å². The van der Waals surface area contributed by atoms with Crippen molar-refractivity contribution in [3.05, 3.63) is 65.2 Å². The zero-order valence-electron chi connectivity index (χ0n) is 22.0. The van der Waals surface area contributed by atoms with Crippen LogP contribution >= 0.6 is 0 Å². The summed E-state index contributed by atoms with van der Waals surface area (Å²) in [6.07, 6.45) is 13.0. The maximum atomic E-state index is 13.4. The fourth-order valence-corrected chi connectivity index (χ4v) is 5.28. The zero-order valence-corrected chi connectivity index (χ0v) is 22.0. The third-order valence-corrected chi connectivity index (χ3v) is 7.42. The number of nitrogens with zero attached hydrogens (tertiary/aromatic N) is 4. The van der Waals surface area contributed by atoms with Gasteiger partial charge in [0.2, 0.25) is 0 Å². The number of hydrogen-bond acceptors (Lipinski definition) is 4. The molecule has 2 aromatic rings. The van der Waals surface area contributed by atoms with E-state index in [0.717, 1.165) is 92.4 Å². The van der Waals surface area contributed by atoms with Gasteiger partial charge in [0.05, 0.1) is 5.69 Å². The topological polar surface area (TPSA) is 71.3 Å². The Morgan fingerprint density at radius 3 is 2.67 bits per heavy atom. The molecule has 0 aliphatic carbocycles. The lowest BCUT2D eigenvalue weighted by Crippen LogP contribution is -2.48. The Labute approximate surface area is 215 Å². The molecule has 1 atom stereocenters. The first kappa shape index (κ1) is 25.8. The van der Waals surface area contributed by atoms with Crippen LogP contribution in [0.1, 0.15) is 66.1 Å². The maximum Gasteiger partial charge on any atom is 0.270 e. The molecule has 4 rings (SSSR count). The van der Waals surface area contributed by atoms with Crippen molar-refractivity contribution in [1.82, 2.24) is 25.0 Å². The number of piperazine rings is 1. The molecule has 2 fully saturated rings. The van der Waals surface area contributed by atoms with E-state index >= 15 is 0 Å². The van der Waals surface area contributed by atoms with E-state index in [1.54, 1.807) is 0 Å². The van der Waals surface area contributed by atoms with Crippen LogP contribution < -0.4 is 4.90 Å². The van der Waals surface area contributed by atoms with Crippen molar-refractivity contribution in [2.75, 3.05) is 44.2 Å². The number of H-pyrrole nitrogens is 2. The maximum absolute atomic E-state index is 13.4. The molecule has 2 aliphatic heterocycles. The van der Waals surface area contributed by atoms with Crippen molar-refractivity contribution in [2.24, 2.45) is 0 Å². The van der Waals surface area contributed by atoms with Gasteiger partial charge in [-0.25, -0.2) is 0 Å². The highest BCUT2D eigenvalue weighted by molar-refractivity contribution is 5.93. The van der Waals surface area contributed by atoms with E-state index in [0.29, 0.717) is 11.7 Å². The van der Waals surface area contributed by atoms with Gasteiger partial charge in [-0.05, 0) is 69.4 Å². The van der Waals surface area contributed by atoms with Crippen LogP contribution in [-0.4, -0.2) is 76.2 Å². The molecule has 0 bridgehead atoms. The molecule has 4 heterocycles. The van der Waals surface area contributed by atoms with Crippen molar-refractivity contribution in [3.63, 3.8) is 0 Å². The molecular formula is C29H40N6O. The Morgan fingerprint density at radius 1 is 1.19 bits per heavy atom. The van der Waals surface area contributed by atoms with E-state index in [9.17, 15) is 4.79 Å². The van der Waals surface area contributed by atoms with Gasteiger partial charge >= 0.3 is 0 Å². The van der Waals surface area contributed by atoms with Crippen LogP contribution in [0.5, 0.6) is 0 Å². The van der Waals surface area contributed by atoms with Crippen LogP contribution in [0.2, 0.25) is 0 Å². The highest BCUT2D eigenvalue weighted by Crippen LogP contribution is 2.26. The summed E-state index contributed by atoms with van der Waals surface area (Å²) in [6, 6.07) is 2.28. The van der Waals surface area contributed by atoms with Crippen LogP contribution in [0.3, 0.4) is 0 Å². The lowest BCUT2D eigenvalue weighted by molar-refractivity contribution is 0.0714. The number of aromatic nitrogens is 3. The third-order valence-electron chi connectivity index (χ3n) is 7.42. The SMILES string of the molecule is C=C/C(C)=C\c1[nH]c(C(=O)N2CCC[C@H]2CCN2CCN(c3n[nH]c(C=C)c3/C=C\C)CC2)cc1C. The minimum Gasteiger partial charge on any atom is -0.352 e. The highest BCUT2D eigenvalue weighted by Gasteiger charge is 2.31. The van der Waals surface area contributed by atoms with Crippen LogP contribution in [0.15, 0.2) is 36.9 Å². The molecule has 7 heteroatoms. The molecule has 0 radical (unpaired) electrons. The number of carbonyl (C=O) groups is 1. The fourth-order valence-electron chi connectivity index (χ4n) is 5.28. The molecule has 0 unspecified atom stereocenters. The average Bonchev–Trinajstić information content (AvgIpc) is 3.62. The smallest absolute Gasteiger partial charge is 0.270 e. The molecule has 0 spiro atoms. The lowest BCUT2D eigenvalue weighted by Gasteiger charge is -2.36. The summed E-state index contributed by atoms with van der Waals surface area (Å²) in [5.41, 5.74) is 5.91. The molecule has 2 saturated heterocycles. The second-order valence-electron chi connectivity index (χ2n) is 9.86. The number of anilines is 1. The van der Waals surface area contributed by atoms with Crippen LogP contribution in [0.4, 0.5) is 5.82 Å². The zero-order chi connectivity index (χ0) is 25.7. The Kier molecular flexibility index (Phi) is 8.31. The van der Waals surface area contributed by atoms with E-state index in [2.05, 4.69) is 49.1 Å². The Hall–Kier alpha value is -3.32. The summed E-state index contributed by atoms with van der Waals surface area (Å²) in [6.45, 7) is 19.5. The molecule has 7 nitrogen and oxygen atoms in total. The number of amides is 1. The van der Waals surface area contributed by atoms with Crippen LogP contribution in [-0.2, 0) is 0 Å². The average molecular weight is 489 g/mol. The third kappa shape index (κ3) is 5.57. The molecular weight excluding hydrogens is 448 g/mol. The van der Waals surface area contributed by atoms with Gasteiger partial charge in [0.25, 0.3) is 5.91 Å². The summed E-state index contributed by atoms with van der Waals surface area (Å²) >= 11 is 0. The largest absolute Gasteiger partial charge is 0.352 e. The first-order valence-corrected chi connectivity index (χ1v) is 13.1. The number of aromatic amines is 2. The van der Waals surface area contributed by atoms with Crippen LogP contribution in [0, 0.1) is 6.92 Å². The van der Waals surface area contributed by atoms with Crippen LogP contribution in [0.25, 0.3) is 18.2 Å². The standard InChI is InChI=1S/C29H40N6O/c1-6-10-24-25(8-3)31-32-28(24)34-17-15-33(16-18-34)14-12-23-11-9-13-35(23)29(36)27-20-22(5)26(30-27)19-21(4)7-2/h6-8,10,19-20,23,30H,2-3,9,11-18H2,1,4-5H3,(H,31,32)/b10-6-,21-19-/t23-/m0/s1. The van der Waals surface area contributed by atoms with E-state index in [1.165, 1.54) is 0 Å². The van der Waals surface area contributed by atoms with Crippen molar-refractivity contribution < 1.29 is 4.79 Å². The van der Waals surface area contributed by atoms with Crippen molar-refractivity contribution in [1.29, 1.82) is 0 Å². The molecule has 2 N–H and O–H groups in total. The quantitative estimate of drug-likeness (QED) is 0.480. The van der Waals surface area contributed by atoms with Crippen molar-refractivity contribution >= 4 is 30.0 Å². The van der Waals surface area contributed by atoms with Gasteiger partial charge in [0.1, 0.15) is 5.69 Å². The van der Waals surface area contributed by atoms with Gasteiger partial charge in [-0.1, -0.05) is 31.4 Å². The van der Waals surface area contributed by atoms with Crippen molar-refractivity contribution in [3.8, 4) is 0 Å². The number of hydrogen-bond donors (Lipinski definition) is 2. The highest BCUT2D eigenvalue weighted by atomic mass is 16.2. The molecule has 0 aromatic carbocycles. The van der Waals surface area contributed by atoms with Gasteiger partial charge < -0.3 is 14.8 Å². The van der Waals surface area contributed by atoms with Gasteiger partial charge in [-0.2, -0.15) is 5.10 Å². The first-order valence-electron chi connectivity index (χ1n) is 13.1. The number of rotatable bonds is 9. The Morgan fingerprint density at radius 2 is 1.97 bits per heavy atom. The predicted octanol–water partition coefficient (Wildman–Crippen LogP) is 5.13. The second-order valence-corrected chi connectivity index (χ2v) is 9.86. The number of nitrogens with one attached hydrogen (secondary N) is 2. The molecule has 2 aromatic heterocycles. The monoisotopic (exact) mass is 488 g/mol. The number of aryl methyl sites for hydroxylation is 1. The predicted molar refractivity (Wildman–Crippen MR) is 150 cm³/mol.